The highest BCUT2D eigenvalue weighted by Gasteiger charge is 2.34. The maximum absolute atomic E-state index is 6.03. The van der Waals surface area contributed by atoms with Gasteiger partial charge in [0.05, 0.1) is 5.69 Å². The third-order valence-electron chi connectivity index (χ3n) is 4.45. The van der Waals surface area contributed by atoms with Crippen LogP contribution < -0.4 is 5.32 Å². The first-order valence-corrected chi connectivity index (χ1v) is 7.97. The van der Waals surface area contributed by atoms with Gasteiger partial charge in [-0.05, 0) is 51.1 Å². The first-order chi connectivity index (χ1) is 9.73. The summed E-state index contributed by atoms with van der Waals surface area (Å²) >= 11 is 0. The number of aryl methyl sites for hydroxylation is 1. The third kappa shape index (κ3) is 2.59. The van der Waals surface area contributed by atoms with Gasteiger partial charge in [-0.15, -0.1) is 0 Å². The van der Waals surface area contributed by atoms with Crippen molar-refractivity contribution in [3.63, 3.8) is 0 Å². The molecule has 1 aromatic heterocycles. The van der Waals surface area contributed by atoms with Crippen molar-refractivity contribution < 1.29 is 4.74 Å². The second-order valence-electron chi connectivity index (χ2n) is 6.13. The van der Waals surface area contributed by atoms with E-state index in [4.69, 9.17) is 14.7 Å². The minimum absolute atomic E-state index is 0.285. The molecule has 20 heavy (non-hydrogen) atoms. The van der Waals surface area contributed by atoms with Crippen LogP contribution in [0.4, 0.5) is 0 Å². The summed E-state index contributed by atoms with van der Waals surface area (Å²) in [5.41, 5.74) is 3.55. The molecule has 1 aromatic rings. The number of hydrogen-bond donors (Lipinski definition) is 1. The van der Waals surface area contributed by atoms with Crippen molar-refractivity contribution in [1.29, 1.82) is 0 Å². The molecule has 3 rings (SSSR count). The van der Waals surface area contributed by atoms with Gasteiger partial charge in [0.1, 0.15) is 5.60 Å². The zero-order chi connectivity index (χ0) is 14.0. The number of aromatic nitrogens is 2. The zero-order valence-electron chi connectivity index (χ0n) is 12.7. The van der Waals surface area contributed by atoms with Crippen LogP contribution in [-0.4, -0.2) is 23.1 Å². The number of rotatable bonds is 3. The molecule has 0 radical (unpaired) electrons. The molecule has 110 valence electrons. The maximum Gasteiger partial charge on any atom is 0.160 e. The first kappa shape index (κ1) is 14.0. The molecule has 1 atom stereocenters. The van der Waals surface area contributed by atoms with Crippen LogP contribution >= 0.6 is 0 Å². The van der Waals surface area contributed by atoms with Crippen molar-refractivity contribution in [2.24, 2.45) is 0 Å². The number of hydrogen-bond acceptors (Lipinski definition) is 4. The van der Waals surface area contributed by atoms with E-state index in [1.165, 1.54) is 23.4 Å². The van der Waals surface area contributed by atoms with Gasteiger partial charge in [0.2, 0.25) is 0 Å². The summed E-state index contributed by atoms with van der Waals surface area (Å²) in [6.07, 6.45) is 6.64. The molecular weight excluding hydrogens is 250 g/mol. The van der Waals surface area contributed by atoms with Gasteiger partial charge in [0, 0.05) is 18.8 Å². The highest BCUT2D eigenvalue weighted by atomic mass is 16.5. The Hall–Kier alpha value is -1.00. The Bertz CT molecular complexity index is 481. The summed E-state index contributed by atoms with van der Waals surface area (Å²) in [5.74, 6) is 0.906. The molecule has 0 bridgehead atoms. The minimum Gasteiger partial charge on any atom is -0.367 e. The van der Waals surface area contributed by atoms with Gasteiger partial charge >= 0.3 is 0 Å². The van der Waals surface area contributed by atoms with E-state index in [0.29, 0.717) is 0 Å². The second-order valence-corrected chi connectivity index (χ2v) is 6.13. The van der Waals surface area contributed by atoms with E-state index in [9.17, 15) is 0 Å². The monoisotopic (exact) mass is 275 g/mol. The molecule has 2 aliphatic heterocycles. The topological polar surface area (TPSA) is 47.0 Å². The number of ether oxygens (including phenoxy) is 1. The third-order valence-corrected chi connectivity index (χ3v) is 4.45. The van der Waals surface area contributed by atoms with E-state index >= 15 is 0 Å². The quantitative estimate of drug-likeness (QED) is 0.920. The predicted octanol–water partition coefficient (Wildman–Crippen LogP) is 2.49. The fourth-order valence-electron chi connectivity index (χ4n) is 3.23. The van der Waals surface area contributed by atoms with Crippen LogP contribution in [0.15, 0.2) is 0 Å². The molecule has 0 aliphatic carbocycles. The summed E-state index contributed by atoms with van der Waals surface area (Å²) in [7, 11) is 0. The molecule has 3 heterocycles. The fourth-order valence-corrected chi connectivity index (χ4v) is 3.23. The van der Waals surface area contributed by atoms with Crippen LogP contribution in [0.25, 0.3) is 0 Å². The Morgan fingerprint density at radius 1 is 1.30 bits per heavy atom. The van der Waals surface area contributed by atoms with Crippen molar-refractivity contribution in [3.8, 4) is 0 Å². The average Bonchev–Trinajstić information content (AvgIpc) is 2.48. The fraction of sp³-hybridized carbons (Fsp3) is 0.750. The standard InChI is InChI=1S/C16H25N3O/c1-3-6-13-12-7-9-17-11-14(12)19-15(18-13)16(2)8-4-5-10-20-16/h17H,3-11H2,1-2H3. The number of fused-ring (bicyclic) bond motifs is 1. The predicted molar refractivity (Wildman–Crippen MR) is 78.6 cm³/mol. The Labute approximate surface area is 121 Å². The van der Waals surface area contributed by atoms with Crippen LogP contribution in [0.1, 0.15) is 62.3 Å². The Balaban J connectivity index is 2.00. The van der Waals surface area contributed by atoms with Gasteiger partial charge in [0.25, 0.3) is 0 Å². The van der Waals surface area contributed by atoms with Crippen LogP contribution in [-0.2, 0) is 29.7 Å². The van der Waals surface area contributed by atoms with Gasteiger partial charge in [0.15, 0.2) is 5.82 Å². The Morgan fingerprint density at radius 3 is 2.95 bits per heavy atom. The summed E-state index contributed by atoms with van der Waals surface area (Å²) in [6, 6.07) is 0. The van der Waals surface area contributed by atoms with Crippen LogP contribution in [0.3, 0.4) is 0 Å². The maximum atomic E-state index is 6.03. The zero-order valence-corrected chi connectivity index (χ0v) is 12.7. The van der Waals surface area contributed by atoms with Crippen molar-refractivity contribution in [2.75, 3.05) is 13.2 Å². The molecular formula is C16H25N3O. The van der Waals surface area contributed by atoms with E-state index in [0.717, 1.165) is 57.6 Å². The smallest absolute Gasteiger partial charge is 0.160 e. The number of nitrogens with one attached hydrogen (secondary N) is 1. The number of nitrogens with zero attached hydrogens (tertiary/aromatic N) is 2. The summed E-state index contributed by atoms with van der Waals surface area (Å²) in [4.78, 5) is 9.76. The molecule has 4 nitrogen and oxygen atoms in total. The SMILES string of the molecule is CCCc1nc(C2(C)CCCCO2)nc2c1CCNC2. The highest BCUT2D eigenvalue weighted by Crippen LogP contribution is 2.33. The molecule has 2 aliphatic rings. The van der Waals surface area contributed by atoms with Crippen molar-refractivity contribution >= 4 is 0 Å². The molecule has 1 fully saturated rings. The molecule has 4 heteroatoms. The summed E-state index contributed by atoms with van der Waals surface area (Å²) < 4.78 is 6.03. The Kier molecular flexibility index (Phi) is 4.03. The van der Waals surface area contributed by atoms with E-state index in [2.05, 4.69) is 19.2 Å². The molecule has 1 N–H and O–H groups in total. The van der Waals surface area contributed by atoms with Gasteiger partial charge in [-0.3, -0.25) is 0 Å². The molecule has 0 spiro atoms. The molecule has 0 amide bonds. The first-order valence-electron chi connectivity index (χ1n) is 7.97. The highest BCUT2D eigenvalue weighted by molar-refractivity contribution is 5.29. The van der Waals surface area contributed by atoms with Crippen LogP contribution in [0.5, 0.6) is 0 Å². The van der Waals surface area contributed by atoms with Gasteiger partial charge in [-0.2, -0.15) is 0 Å². The summed E-state index contributed by atoms with van der Waals surface area (Å²) in [5, 5.41) is 3.42. The van der Waals surface area contributed by atoms with Crippen molar-refractivity contribution in [2.45, 2.75) is 64.5 Å². The van der Waals surface area contributed by atoms with E-state index in [1.807, 2.05) is 0 Å². The lowest BCUT2D eigenvalue weighted by Crippen LogP contribution is -2.35. The minimum atomic E-state index is -0.285. The second kappa shape index (κ2) is 5.78. The van der Waals surface area contributed by atoms with E-state index < -0.39 is 0 Å². The molecule has 0 aromatic carbocycles. The van der Waals surface area contributed by atoms with Crippen molar-refractivity contribution in [1.82, 2.24) is 15.3 Å². The Morgan fingerprint density at radius 2 is 2.20 bits per heavy atom. The molecule has 1 saturated heterocycles. The van der Waals surface area contributed by atoms with E-state index in [1.54, 1.807) is 0 Å². The van der Waals surface area contributed by atoms with Gasteiger partial charge < -0.3 is 10.1 Å². The average molecular weight is 275 g/mol. The van der Waals surface area contributed by atoms with Crippen molar-refractivity contribution in [3.05, 3.63) is 22.8 Å². The summed E-state index contributed by atoms with van der Waals surface area (Å²) in [6.45, 7) is 7.12. The molecule has 0 saturated carbocycles. The molecule has 1 unspecified atom stereocenters. The van der Waals surface area contributed by atoms with Gasteiger partial charge in [-0.25, -0.2) is 9.97 Å². The normalized spacial score (nSPS) is 26.3. The van der Waals surface area contributed by atoms with Crippen LogP contribution in [0.2, 0.25) is 0 Å². The van der Waals surface area contributed by atoms with Gasteiger partial charge in [-0.1, -0.05) is 13.3 Å². The lowest BCUT2D eigenvalue weighted by molar-refractivity contribution is -0.0763. The lowest BCUT2D eigenvalue weighted by atomic mass is 9.93. The van der Waals surface area contributed by atoms with Crippen LogP contribution in [0, 0.1) is 0 Å². The lowest BCUT2D eigenvalue weighted by Gasteiger charge is -2.33. The van der Waals surface area contributed by atoms with E-state index in [-0.39, 0.29) is 5.60 Å². The largest absolute Gasteiger partial charge is 0.367 e.